The molecule has 53 heavy (non-hydrogen) atoms. The fourth-order valence-corrected chi connectivity index (χ4v) is 7.15. The predicted molar refractivity (Wildman–Crippen MR) is 220 cm³/mol. The summed E-state index contributed by atoms with van der Waals surface area (Å²) >= 11 is 0. The van der Waals surface area contributed by atoms with E-state index in [1.54, 1.807) is 0 Å². The van der Waals surface area contributed by atoms with E-state index < -0.39 is 0 Å². The molecular weight excluding hydrogens is 649 g/mol. The van der Waals surface area contributed by atoms with Crippen molar-refractivity contribution in [1.82, 2.24) is 4.57 Å². The zero-order valence-electron chi connectivity index (χ0n) is 28.8. The Morgan fingerprint density at radius 3 is 1.72 bits per heavy atom. The van der Waals surface area contributed by atoms with Crippen LogP contribution in [0, 0.1) is 10.8 Å². The maximum absolute atomic E-state index is 8.65. The second kappa shape index (κ2) is 13.5. The number of fused-ring (bicyclic) bond motifs is 4. The van der Waals surface area contributed by atoms with Crippen LogP contribution in [0.2, 0.25) is 0 Å². The summed E-state index contributed by atoms with van der Waals surface area (Å²) in [6.07, 6.45) is 0. The molecular formula is C48H34N4O. The molecule has 0 radical (unpaired) electrons. The fraction of sp³-hybridized carbons (Fsp3) is 0. The van der Waals surface area contributed by atoms with Crippen LogP contribution >= 0.6 is 0 Å². The Hall–Kier alpha value is -7.24. The molecule has 0 unspecified atom stereocenters. The molecule has 0 aliphatic heterocycles. The molecule has 2 N–H and O–H groups in total. The minimum Gasteiger partial charge on any atom is -0.421 e. The van der Waals surface area contributed by atoms with Crippen LogP contribution in [0.25, 0.3) is 49.4 Å². The number of rotatable bonds is 7. The summed E-state index contributed by atoms with van der Waals surface area (Å²) in [5.74, 6) is -0.133. The number of aromatic nitrogens is 1. The van der Waals surface area contributed by atoms with E-state index >= 15 is 0 Å². The van der Waals surface area contributed by atoms with Crippen LogP contribution < -0.4 is 4.90 Å². The van der Waals surface area contributed by atoms with Crippen molar-refractivity contribution in [3.63, 3.8) is 0 Å². The van der Waals surface area contributed by atoms with Crippen molar-refractivity contribution in [1.29, 1.82) is 10.8 Å². The molecule has 9 rings (SSSR count). The third-order valence-electron chi connectivity index (χ3n) is 9.76. The Labute approximate surface area is 307 Å². The van der Waals surface area contributed by atoms with Gasteiger partial charge in [0.15, 0.2) is 0 Å². The summed E-state index contributed by atoms with van der Waals surface area (Å²) in [6, 6.07) is 66.3. The zero-order chi connectivity index (χ0) is 35.7. The smallest absolute Gasteiger partial charge is 0.221 e. The molecule has 0 saturated heterocycles. The van der Waals surface area contributed by atoms with Gasteiger partial charge in [-0.25, -0.2) is 0 Å². The van der Waals surface area contributed by atoms with Gasteiger partial charge >= 0.3 is 0 Å². The average Bonchev–Trinajstić information content (AvgIpc) is 3.55. The summed E-state index contributed by atoms with van der Waals surface area (Å²) in [5, 5.41) is 21.8. The lowest BCUT2D eigenvalue weighted by Gasteiger charge is -2.26. The molecule has 5 nitrogen and oxygen atoms in total. The molecule has 0 amide bonds. The number of nitrogens with zero attached hydrogens (tertiary/aromatic N) is 2. The molecule has 0 spiro atoms. The summed E-state index contributed by atoms with van der Waals surface area (Å²) < 4.78 is 8.06. The third-order valence-corrected chi connectivity index (χ3v) is 9.76. The first-order chi connectivity index (χ1) is 26.1. The predicted octanol–water partition coefficient (Wildman–Crippen LogP) is 12.4. The highest BCUT2D eigenvalue weighted by Gasteiger charge is 2.16. The number of benzene rings is 8. The van der Waals surface area contributed by atoms with Crippen LogP contribution in [0.15, 0.2) is 194 Å². The minimum atomic E-state index is -0.0748. The van der Waals surface area contributed by atoms with Crippen molar-refractivity contribution in [2.24, 2.45) is 0 Å². The van der Waals surface area contributed by atoms with Crippen LogP contribution in [-0.4, -0.2) is 16.4 Å². The van der Waals surface area contributed by atoms with Gasteiger partial charge in [0.2, 0.25) is 11.8 Å². The highest BCUT2D eigenvalue weighted by molar-refractivity contribution is 6.10. The average molecular weight is 683 g/mol. The van der Waals surface area contributed by atoms with Crippen LogP contribution in [0.1, 0.15) is 11.1 Å². The van der Waals surface area contributed by atoms with Gasteiger partial charge in [0.25, 0.3) is 0 Å². The quantitative estimate of drug-likeness (QED) is 0.130. The van der Waals surface area contributed by atoms with Gasteiger partial charge in [0.1, 0.15) is 0 Å². The van der Waals surface area contributed by atoms with E-state index in [-0.39, 0.29) is 11.8 Å². The Balaban J connectivity index is 1.000. The summed E-state index contributed by atoms with van der Waals surface area (Å²) in [5.41, 5.74) is 10.0. The van der Waals surface area contributed by atoms with E-state index in [0.717, 1.165) is 44.6 Å². The van der Waals surface area contributed by atoms with E-state index in [1.165, 1.54) is 21.8 Å². The molecule has 8 aromatic carbocycles. The van der Waals surface area contributed by atoms with Crippen LogP contribution in [-0.2, 0) is 4.74 Å². The van der Waals surface area contributed by atoms with Crippen LogP contribution in [0.4, 0.5) is 17.1 Å². The molecule has 252 valence electrons. The molecule has 1 heterocycles. The molecule has 0 fully saturated rings. The summed E-state index contributed by atoms with van der Waals surface area (Å²) in [7, 11) is 0. The lowest BCUT2D eigenvalue weighted by molar-refractivity contribution is 0.538. The lowest BCUT2D eigenvalue weighted by Crippen LogP contribution is -2.14. The normalized spacial score (nSPS) is 11.2. The van der Waals surface area contributed by atoms with E-state index in [4.69, 9.17) is 15.6 Å². The molecule has 0 aliphatic rings. The van der Waals surface area contributed by atoms with E-state index in [0.29, 0.717) is 11.1 Å². The highest BCUT2D eigenvalue weighted by atomic mass is 16.5. The summed E-state index contributed by atoms with van der Waals surface area (Å²) in [4.78, 5) is 2.20. The van der Waals surface area contributed by atoms with Gasteiger partial charge in [-0.1, -0.05) is 103 Å². The van der Waals surface area contributed by atoms with Crippen LogP contribution in [0.3, 0.4) is 0 Å². The number of hydrogen-bond acceptors (Lipinski definition) is 4. The van der Waals surface area contributed by atoms with Gasteiger partial charge in [-0.05, 0) is 113 Å². The Morgan fingerprint density at radius 1 is 0.415 bits per heavy atom. The third kappa shape index (κ3) is 6.00. The number of ether oxygens (including phenoxy) is 1. The van der Waals surface area contributed by atoms with E-state index in [2.05, 4.69) is 119 Å². The first-order valence-electron chi connectivity index (χ1n) is 17.6. The first kappa shape index (κ1) is 31.7. The van der Waals surface area contributed by atoms with E-state index in [9.17, 15) is 0 Å². The Kier molecular flexibility index (Phi) is 8.06. The van der Waals surface area contributed by atoms with Gasteiger partial charge in [-0.2, -0.15) is 0 Å². The first-order valence-corrected chi connectivity index (χ1v) is 17.6. The highest BCUT2D eigenvalue weighted by Crippen LogP contribution is 2.38. The molecule has 0 atom stereocenters. The second-order valence-electron chi connectivity index (χ2n) is 13.0. The Bertz CT molecular complexity index is 2770. The zero-order valence-corrected chi connectivity index (χ0v) is 28.8. The van der Waals surface area contributed by atoms with Crippen molar-refractivity contribution >= 4 is 61.4 Å². The number of para-hydroxylation sites is 3. The Morgan fingerprint density at radius 2 is 0.962 bits per heavy atom. The number of anilines is 3. The van der Waals surface area contributed by atoms with Crippen molar-refractivity contribution in [3.05, 3.63) is 205 Å². The molecule has 5 heteroatoms. The molecule has 9 aromatic rings. The molecule has 1 aromatic heterocycles. The van der Waals surface area contributed by atoms with Gasteiger partial charge in [0.05, 0.1) is 11.0 Å². The van der Waals surface area contributed by atoms with Crippen molar-refractivity contribution in [2.45, 2.75) is 0 Å². The van der Waals surface area contributed by atoms with Gasteiger partial charge in [-0.3, -0.25) is 10.8 Å². The maximum atomic E-state index is 8.65. The van der Waals surface area contributed by atoms with Crippen molar-refractivity contribution in [3.8, 4) is 16.8 Å². The minimum absolute atomic E-state index is 0.0584. The molecule has 0 saturated carbocycles. The number of nitrogens with one attached hydrogen (secondary N) is 2. The van der Waals surface area contributed by atoms with Crippen LogP contribution in [0.5, 0.6) is 0 Å². The lowest BCUT2D eigenvalue weighted by atomic mass is 10.0. The topological polar surface area (TPSA) is 65.1 Å². The van der Waals surface area contributed by atoms with Gasteiger partial charge in [-0.15, -0.1) is 0 Å². The monoisotopic (exact) mass is 682 g/mol. The number of hydrogen-bond donors (Lipinski definition) is 2. The SMILES string of the molecule is N=C(OC(=N)c1ccc2ccccc2c1)c1ccc(N(c2ccccc2)c2ccc(-c3ccc4c(c3)c3ccccc3n4-c3ccccc3)cc2)cc1. The van der Waals surface area contributed by atoms with Gasteiger partial charge < -0.3 is 14.2 Å². The maximum Gasteiger partial charge on any atom is 0.221 e. The fourth-order valence-electron chi connectivity index (χ4n) is 7.15. The molecule has 0 bridgehead atoms. The van der Waals surface area contributed by atoms with E-state index in [1.807, 2.05) is 84.9 Å². The largest absolute Gasteiger partial charge is 0.421 e. The van der Waals surface area contributed by atoms with Crippen molar-refractivity contribution < 1.29 is 4.74 Å². The van der Waals surface area contributed by atoms with Gasteiger partial charge in [0, 0.05) is 44.6 Å². The van der Waals surface area contributed by atoms with Crippen molar-refractivity contribution in [2.75, 3.05) is 4.90 Å². The second-order valence-corrected chi connectivity index (χ2v) is 13.0. The standard InChI is InChI=1S/C48H34N4O/c49-47(53-48(50)38-20-19-33-11-7-8-12-36(33)31-38)35-23-28-42(29-24-35)51(39-13-3-1-4-14-39)41-26-21-34(22-27-41)37-25-30-46-44(32-37)43-17-9-10-18-45(43)52(46)40-15-5-2-6-16-40/h1-32,49-50H. The summed E-state index contributed by atoms with van der Waals surface area (Å²) in [6.45, 7) is 0. The molecule has 0 aliphatic carbocycles.